The van der Waals surface area contributed by atoms with E-state index in [1.807, 2.05) is 43.1 Å². The number of amides is 1. The normalized spacial score (nSPS) is 17.8. The molecular formula is C16H23ClN2O. The summed E-state index contributed by atoms with van der Waals surface area (Å²) < 4.78 is 0. The van der Waals surface area contributed by atoms with Gasteiger partial charge in [0.2, 0.25) is 5.91 Å². The molecule has 1 atom stereocenters. The third-order valence-corrected chi connectivity index (χ3v) is 4.60. The molecule has 1 amide bonds. The van der Waals surface area contributed by atoms with Crippen molar-refractivity contribution in [3.05, 3.63) is 34.9 Å². The Kier molecular flexibility index (Phi) is 5.44. The molecule has 20 heavy (non-hydrogen) atoms. The van der Waals surface area contributed by atoms with Gasteiger partial charge in [0.25, 0.3) is 0 Å². The van der Waals surface area contributed by atoms with E-state index in [1.165, 1.54) is 0 Å². The number of piperidine rings is 1. The lowest BCUT2D eigenvalue weighted by Gasteiger charge is -2.29. The summed E-state index contributed by atoms with van der Waals surface area (Å²) in [7, 11) is 1.87. The fourth-order valence-electron chi connectivity index (χ4n) is 2.72. The van der Waals surface area contributed by atoms with Crippen LogP contribution in [-0.4, -0.2) is 30.9 Å². The Morgan fingerprint density at radius 1 is 1.40 bits per heavy atom. The van der Waals surface area contributed by atoms with Crippen molar-refractivity contribution in [3.8, 4) is 0 Å². The van der Waals surface area contributed by atoms with Crippen molar-refractivity contribution < 1.29 is 4.79 Å². The minimum absolute atomic E-state index is 0.0120. The standard InChI is InChI=1S/C16H23ClN2O/c1-12(14-5-3-4-6-15(14)17)19(2)16(20)11-13-7-9-18-10-8-13/h3-6,12-13,18H,7-11H2,1-2H3/t12-/m1/s1. The summed E-state index contributed by atoms with van der Waals surface area (Å²) in [6, 6.07) is 7.75. The maximum atomic E-state index is 12.4. The molecule has 1 aromatic carbocycles. The van der Waals surface area contributed by atoms with Gasteiger partial charge in [-0.05, 0) is 50.4 Å². The Balaban J connectivity index is 1.97. The average molecular weight is 295 g/mol. The second kappa shape index (κ2) is 7.09. The first-order valence-electron chi connectivity index (χ1n) is 7.30. The van der Waals surface area contributed by atoms with E-state index in [0.29, 0.717) is 12.3 Å². The number of hydrogen-bond acceptors (Lipinski definition) is 2. The fraction of sp³-hybridized carbons (Fsp3) is 0.562. The number of benzene rings is 1. The van der Waals surface area contributed by atoms with Gasteiger partial charge in [0.05, 0.1) is 6.04 Å². The molecule has 1 saturated heterocycles. The fourth-order valence-corrected chi connectivity index (χ4v) is 3.01. The molecule has 4 heteroatoms. The Bertz CT molecular complexity index is 458. The second-order valence-corrected chi connectivity index (χ2v) is 6.01. The van der Waals surface area contributed by atoms with Gasteiger partial charge >= 0.3 is 0 Å². The van der Waals surface area contributed by atoms with Crippen LogP contribution in [0.3, 0.4) is 0 Å². The Hall–Kier alpha value is -1.06. The average Bonchev–Trinajstić information content (AvgIpc) is 2.47. The molecule has 0 aliphatic carbocycles. The maximum Gasteiger partial charge on any atom is 0.223 e. The van der Waals surface area contributed by atoms with E-state index in [-0.39, 0.29) is 11.9 Å². The van der Waals surface area contributed by atoms with E-state index < -0.39 is 0 Å². The Labute approximate surface area is 126 Å². The van der Waals surface area contributed by atoms with Crippen LogP contribution < -0.4 is 5.32 Å². The monoisotopic (exact) mass is 294 g/mol. The van der Waals surface area contributed by atoms with Gasteiger partial charge in [-0.1, -0.05) is 29.8 Å². The molecule has 1 fully saturated rings. The first-order valence-corrected chi connectivity index (χ1v) is 7.68. The summed E-state index contributed by atoms with van der Waals surface area (Å²) in [5, 5.41) is 4.05. The van der Waals surface area contributed by atoms with Crippen LogP contribution >= 0.6 is 11.6 Å². The molecule has 0 saturated carbocycles. The number of nitrogens with one attached hydrogen (secondary N) is 1. The molecule has 0 aromatic heterocycles. The van der Waals surface area contributed by atoms with Gasteiger partial charge < -0.3 is 10.2 Å². The van der Waals surface area contributed by atoms with Gasteiger partial charge in [0, 0.05) is 18.5 Å². The van der Waals surface area contributed by atoms with Crippen molar-refractivity contribution in [2.24, 2.45) is 5.92 Å². The zero-order valence-corrected chi connectivity index (χ0v) is 13.0. The number of rotatable bonds is 4. The lowest BCUT2D eigenvalue weighted by molar-refractivity contribution is -0.133. The number of halogens is 1. The summed E-state index contributed by atoms with van der Waals surface area (Å²) in [6.45, 7) is 4.09. The highest BCUT2D eigenvalue weighted by molar-refractivity contribution is 6.31. The number of hydrogen-bond donors (Lipinski definition) is 1. The van der Waals surface area contributed by atoms with Crippen molar-refractivity contribution in [1.29, 1.82) is 0 Å². The lowest BCUT2D eigenvalue weighted by atomic mass is 9.93. The highest BCUT2D eigenvalue weighted by Gasteiger charge is 2.23. The van der Waals surface area contributed by atoms with Crippen molar-refractivity contribution in [2.45, 2.75) is 32.2 Å². The van der Waals surface area contributed by atoms with Crippen LogP contribution in [0.25, 0.3) is 0 Å². The van der Waals surface area contributed by atoms with E-state index in [0.717, 1.165) is 36.5 Å². The topological polar surface area (TPSA) is 32.3 Å². The molecule has 3 nitrogen and oxygen atoms in total. The summed E-state index contributed by atoms with van der Waals surface area (Å²) in [5.41, 5.74) is 1.01. The zero-order chi connectivity index (χ0) is 14.5. The van der Waals surface area contributed by atoms with Crippen LogP contribution in [0.15, 0.2) is 24.3 Å². The van der Waals surface area contributed by atoms with Crippen LogP contribution in [0.5, 0.6) is 0 Å². The van der Waals surface area contributed by atoms with Crippen molar-refractivity contribution in [2.75, 3.05) is 20.1 Å². The van der Waals surface area contributed by atoms with E-state index in [2.05, 4.69) is 5.32 Å². The molecule has 0 radical (unpaired) electrons. The smallest absolute Gasteiger partial charge is 0.223 e. The molecule has 1 aliphatic rings. The maximum absolute atomic E-state index is 12.4. The minimum atomic E-state index is 0.0120. The molecule has 1 heterocycles. The number of carbonyl (C=O) groups is 1. The predicted octanol–water partition coefficient (Wildman–Crippen LogP) is 3.25. The third kappa shape index (κ3) is 3.74. The van der Waals surface area contributed by atoms with Crippen LogP contribution in [0, 0.1) is 5.92 Å². The van der Waals surface area contributed by atoms with E-state index in [4.69, 9.17) is 11.6 Å². The largest absolute Gasteiger partial charge is 0.339 e. The van der Waals surface area contributed by atoms with Crippen molar-refractivity contribution in [1.82, 2.24) is 10.2 Å². The highest BCUT2D eigenvalue weighted by atomic mass is 35.5. The molecule has 0 unspecified atom stereocenters. The quantitative estimate of drug-likeness (QED) is 0.924. The Morgan fingerprint density at radius 2 is 2.05 bits per heavy atom. The molecular weight excluding hydrogens is 272 g/mol. The van der Waals surface area contributed by atoms with Crippen LogP contribution in [-0.2, 0) is 4.79 Å². The van der Waals surface area contributed by atoms with E-state index in [9.17, 15) is 4.79 Å². The van der Waals surface area contributed by atoms with E-state index in [1.54, 1.807) is 0 Å². The summed E-state index contributed by atoms with van der Waals surface area (Å²) in [4.78, 5) is 14.2. The minimum Gasteiger partial charge on any atom is -0.339 e. The first-order chi connectivity index (χ1) is 9.59. The zero-order valence-electron chi connectivity index (χ0n) is 12.2. The summed E-state index contributed by atoms with van der Waals surface area (Å²) in [6.07, 6.45) is 2.84. The third-order valence-electron chi connectivity index (χ3n) is 4.25. The Morgan fingerprint density at radius 3 is 2.70 bits per heavy atom. The van der Waals surface area contributed by atoms with Gasteiger partial charge in [-0.3, -0.25) is 4.79 Å². The molecule has 1 aliphatic heterocycles. The molecule has 110 valence electrons. The van der Waals surface area contributed by atoms with Gasteiger partial charge in [0.15, 0.2) is 0 Å². The number of nitrogens with zero attached hydrogens (tertiary/aromatic N) is 1. The first kappa shape index (κ1) is 15.3. The summed E-state index contributed by atoms with van der Waals surface area (Å²) in [5.74, 6) is 0.731. The van der Waals surface area contributed by atoms with Crippen molar-refractivity contribution in [3.63, 3.8) is 0 Å². The second-order valence-electron chi connectivity index (χ2n) is 5.60. The molecule has 0 spiro atoms. The lowest BCUT2D eigenvalue weighted by Crippen LogP contribution is -2.34. The van der Waals surface area contributed by atoms with Crippen LogP contribution in [0.4, 0.5) is 0 Å². The molecule has 1 N–H and O–H groups in total. The predicted molar refractivity (Wildman–Crippen MR) is 82.8 cm³/mol. The van der Waals surface area contributed by atoms with E-state index >= 15 is 0 Å². The van der Waals surface area contributed by atoms with Gasteiger partial charge in [-0.25, -0.2) is 0 Å². The molecule has 2 rings (SSSR count). The number of carbonyl (C=O) groups excluding carboxylic acids is 1. The van der Waals surface area contributed by atoms with Gasteiger partial charge in [-0.15, -0.1) is 0 Å². The molecule has 1 aromatic rings. The van der Waals surface area contributed by atoms with Crippen molar-refractivity contribution >= 4 is 17.5 Å². The van der Waals surface area contributed by atoms with Crippen LogP contribution in [0.2, 0.25) is 5.02 Å². The molecule has 0 bridgehead atoms. The van der Waals surface area contributed by atoms with Gasteiger partial charge in [-0.2, -0.15) is 0 Å². The summed E-state index contributed by atoms with van der Waals surface area (Å²) >= 11 is 6.21. The van der Waals surface area contributed by atoms with Gasteiger partial charge in [0.1, 0.15) is 0 Å². The van der Waals surface area contributed by atoms with Crippen LogP contribution in [0.1, 0.15) is 37.8 Å². The highest BCUT2D eigenvalue weighted by Crippen LogP contribution is 2.27. The SMILES string of the molecule is C[C@H](c1ccccc1Cl)N(C)C(=O)CC1CCNCC1.